The number of hydrogen-bond donors (Lipinski definition) is 2. The molecule has 0 saturated carbocycles. The monoisotopic (exact) mass is 240 g/mol. The van der Waals surface area contributed by atoms with Crippen LogP contribution in [-0.2, 0) is 13.0 Å². The quantitative estimate of drug-likeness (QED) is 0.799. The molecule has 0 aromatic heterocycles. The van der Waals surface area contributed by atoms with Gasteiger partial charge in [-0.1, -0.05) is 37.3 Å². The van der Waals surface area contributed by atoms with Crippen LogP contribution in [0.2, 0.25) is 0 Å². The molecular formula is C16H20N2. The lowest BCUT2D eigenvalue weighted by atomic mass is 10.1. The SMILES string of the molecule is CCc1ccc(CNc2cccc(N)c2C)cc1. The van der Waals surface area contributed by atoms with Crippen molar-refractivity contribution in [2.24, 2.45) is 0 Å². The molecule has 0 aliphatic carbocycles. The highest BCUT2D eigenvalue weighted by Gasteiger charge is 2.00. The number of anilines is 2. The van der Waals surface area contributed by atoms with Crippen LogP contribution < -0.4 is 11.1 Å². The molecule has 2 aromatic rings. The normalized spacial score (nSPS) is 10.3. The van der Waals surface area contributed by atoms with Crippen LogP contribution in [0.5, 0.6) is 0 Å². The minimum Gasteiger partial charge on any atom is -0.398 e. The Morgan fingerprint density at radius 2 is 1.67 bits per heavy atom. The molecule has 0 bridgehead atoms. The summed E-state index contributed by atoms with van der Waals surface area (Å²) >= 11 is 0. The lowest BCUT2D eigenvalue weighted by molar-refractivity contribution is 1.10. The Bertz CT molecular complexity index is 515. The maximum Gasteiger partial charge on any atom is 0.0400 e. The van der Waals surface area contributed by atoms with Gasteiger partial charge in [0.2, 0.25) is 0 Å². The Balaban J connectivity index is 2.04. The minimum atomic E-state index is 0.828. The number of nitrogens with one attached hydrogen (secondary N) is 1. The summed E-state index contributed by atoms with van der Waals surface area (Å²) in [6.07, 6.45) is 1.09. The predicted molar refractivity (Wildman–Crippen MR) is 78.7 cm³/mol. The van der Waals surface area contributed by atoms with Crippen molar-refractivity contribution in [3.8, 4) is 0 Å². The van der Waals surface area contributed by atoms with Crippen LogP contribution >= 0.6 is 0 Å². The molecule has 2 nitrogen and oxygen atoms in total. The summed E-state index contributed by atoms with van der Waals surface area (Å²) in [6, 6.07) is 14.7. The first-order valence-corrected chi connectivity index (χ1v) is 6.37. The molecule has 0 heterocycles. The smallest absolute Gasteiger partial charge is 0.0400 e. The van der Waals surface area contributed by atoms with Crippen molar-refractivity contribution in [1.82, 2.24) is 0 Å². The first kappa shape index (κ1) is 12.5. The van der Waals surface area contributed by atoms with Gasteiger partial charge in [-0.3, -0.25) is 0 Å². The van der Waals surface area contributed by atoms with Crippen molar-refractivity contribution in [3.05, 3.63) is 59.2 Å². The Kier molecular flexibility index (Phi) is 3.88. The lowest BCUT2D eigenvalue weighted by Crippen LogP contribution is -2.02. The molecule has 2 rings (SSSR count). The van der Waals surface area contributed by atoms with E-state index in [0.29, 0.717) is 0 Å². The van der Waals surface area contributed by atoms with Crippen molar-refractivity contribution in [2.45, 2.75) is 26.8 Å². The number of nitrogen functional groups attached to an aromatic ring is 1. The zero-order chi connectivity index (χ0) is 13.0. The number of aryl methyl sites for hydroxylation is 1. The third kappa shape index (κ3) is 2.83. The predicted octanol–water partition coefficient (Wildman–Crippen LogP) is 3.75. The van der Waals surface area contributed by atoms with Crippen LogP contribution in [0.1, 0.15) is 23.6 Å². The molecule has 3 N–H and O–H groups in total. The van der Waals surface area contributed by atoms with Crippen LogP contribution in [0, 0.1) is 6.92 Å². The van der Waals surface area contributed by atoms with E-state index in [1.807, 2.05) is 19.1 Å². The fourth-order valence-electron chi connectivity index (χ4n) is 1.94. The standard InChI is InChI=1S/C16H20N2/c1-3-13-7-9-14(10-8-13)11-18-16-6-4-5-15(17)12(16)2/h4-10,18H,3,11,17H2,1-2H3. The van der Waals surface area contributed by atoms with E-state index in [-0.39, 0.29) is 0 Å². The number of benzene rings is 2. The van der Waals surface area contributed by atoms with E-state index in [4.69, 9.17) is 5.73 Å². The molecule has 0 saturated heterocycles. The molecule has 0 fully saturated rings. The van der Waals surface area contributed by atoms with Gasteiger partial charge in [0.1, 0.15) is 0 Å². The van der Waals surface area contributed by atoms with E-state index in [1.165, 1.54) is 11.1 Å². The summed E-state index contributed by atoms with van der Waals surface area (Å²) in [5, 5.41) is 3.43. The van der Waals surface area contributed by atoms with Gasteiger partial charge in [-0.05, 0) is 42.2 Å². The van der Waals surface area contributed by atoms with Crippen LogP contribution in [0.4, 0.5) is 11.4 Å². The molecule has 0 aliphatic rings. The zero-order valence-electron chi connectivity index (χ0n) is 11.0. The van der Waals surface area contributed by atoms with Crippen molar-refractivity contribution in [3.63, 3.8) is 0 Å². The van der Waals surface area contributed by atoms with E-state index < -0.39 is 0 Å². The second-order valence-electron chi connectivity index (χ2n) is 4.54. The number of hydrogen-bond acceptors (Lipinski definition) is 2. The van der Waals surface area contributed by atoms with E-state index in [9.17, 15) is 0 Å². The largest absolute Gasteiger partial charge is 0.398 e. The lowest BCUT2D eigenvalue weighted by Gasteiger charge is -2.11. The topological polar surface area (TPSA) is 38.0 Å². The van der Waals surface area contributed by atoms with Gasteiger partial charge in [0, 0.05) is 17.9 Å². The maximum atomic E-state index is 5.89. The second kappa shape index (κ2) is 5.58. The fourth-order valence-corrected chi connectivity index (χ4v) is 1.94. The van der Waals surface area contributed by atoms with Gasteiger partial charge in [0.15, 0.2) is 0 Å². The summed E-state index contributed by atoms with van der Waals surface area (Å²) in [7, 11) is 0. The molecule has 0 atom stereocenters. The molecule has 2 aromatic carbocycles. The Labute approximate surface area is 109 Å². The van der Waals surface area contributed by atoms with E-state index >= 15 is 0 Å². The number of rotatable bonds is 4. The summed E-state index contributed by atoms with van der Waals surface area (Å²) < 4.78 is 0. The third-order valence-corrected chi connectivity index (χ3v) is 3.29. The van der Waals surface area contributed by atoms with Crippen LogP contribution in [0.3, 0.4) is 0 Å². The molecule has 18 heavy (non-hydrogen) atoms. The van der Waals surface area contributed by atoms with Gasteiger partial charge in [0.25, 0.3) is 0 Å². The highest BCUT2D eigenvalue weighted by molar-refractivity contribution is 5.62. The molecule has 0 radical (unpaired) electrons. The average Bonchev–Trinajstić information content (AvgIpc) is 2.41. The maximum absolute atomic E-state index is 5.89. The molecule has 0 aliphatic heterocycles. The highest BCUT2D eigenvalue weighted by atomic mass is 14.9. The Morgan fingerprint density at radius 3 is 2.33 bits per heavy atom. The molecular weight excluding hydrogens is 220 g/mol. The van der Waals surface area contributed by atoms with Gasteiger partial charge in [-0.15, -0.1) is 0 Å². The molecule has 0 unspecified atom stereocenters. The van der Waals surface area contributed by atoms with Gasteiger partial charge in [0.05, 0.1) is 0 Å². The van der Waals surface area contributed by atoms with Gasteiger partial charge in [-0.2, -0.15) is 0 Å². The van der Waals surface area contributed by atoms with Crippen molar-refractivity contribution >= 4 is 11.4 Å². The van der Waals surface area contributed by atoms with Gasteiger partial charge in [-0.25, -0.2) is 0 Å². The van der Waals surface area contributed by atoms with Crippen LogP contribution in [0.25, 0.3) is 0 Å². The summed E-state index contributed by atoms with van der Waals surface area (Å²) in [6.45, 7) is 5.04. The number of nitrogens with two attached hydrogens (primary N) is 1. The van der Waals surface area contributed by atoms with Crippen LogP contribution in [0.15, 0.2) is 42.5 Å². The first-order chi connectivity index (χ1) is 8.70. The van der Waals surface area contributed by atoms with Crippen molar-refractivity contribution in [1.29, 1.82) is 0 Å². The average molecular weight is 240 g/mol. The Hall–Kier alpha value is -1.96. The Morgan fingerprint density at radius 1 is 1.00 bits per heavy atom. The molecule has 2 heteroatoms. The van der Waals surface area contributed by atoms with E-state index in [0.717, 1.165) is 29.9 Å². The van der Waals surface area contributed by atoms with E-state index in [2.05, 4.69) is 42.6 Å². The zero-order valence-corrected chi connectivity index (χ0v) is 11.0. The molecule has 0 amide bonds. The molecule has 94 valence electrons. The first-order valence-electron chi connectivity index (χ1n) is 6.37. The summed E-state index contributed by atoms with van der Waals surface area (Å²) in [4.78, 5) is 0. The fraction of sp³-hybridized carbons (Fsp3) is 0.250. The highest BCUT2D eigenvalue weighted by Crippen LogP contribution is 2.21. The van der Waals surface area contributed by atoms with Gasteiger partial charge >= 0.3 is 0 Å². The van der Waals surface area contributed by atoms with Crippen LogP contribution in [-0.4, -0.2) is 0 Å². The van der Waals surface area contributed by atoms with E-state index in [1.54, 1.807) is 0 Å². The summed E-state index contributed by atoms with van der Waals surface area (Å²) in [5.41, 5.74) is 11.6. The molecule has 0 spiro atoms. The third-order valence-electron chi connectivity index (χ3n) is 3.29. The van der Waals surface area contributed by atoms with Crippen molar-refractivity contribution < 1.29 is 0 Å². The summed E-state index contributed by atoms with van der Waals surface area (Å²) in [5.74, 6) is 0. The second-order valence-corrected chi connectivity index (χ2v) is 4.54. The van der Waals surface area contributed by atoms with Gasteiger partial charge < -0.3 is 11.1 Å². The minimum absolute atomic E-state index is 0.828. The van der Waals surface area contributed by atoms with Crippen molar-refractivity contribution in [2.75, 3.05) is 11.1 Å².